The van der Waals surface area contributed by atoms with E-state index in [4.69, 9.17) is 11.6 Å². The van der Waals surface area contributed by atoms with E-state index in [2.05, 4.69) is 48.0 Å². The Balaban J connectivity index is 1.73. The number of piperazine rings is 1. The van der Waals surface area contributed by atoms with Gasteiger partial charge >= 0.3 is 0 Å². The summed E-state index contributed by atoms with van der Waals surface area (Å²) in [5, 5.41) is 4.46. The average molecular weight is 310 g/mol. The van der Waals surface area contributed by atoms with Crippen molar-refractivity contribution < 1.29 is 0 Å². The third-order valence-electron chi connectivity index (χ3n) is 4.46. The smallest absolute Gasteiger partial charge is 0.0639 e. The predicted octanol–water partition coefficient (Wildman–Crippen LogP) is 3.10. The number of rotatable bonds is 6. The van der Waals surface area contributed by atoms with E-state index in [0.717, 1.165) is 44.3 Å². The summed E-state index contributed by atoms with van der Waals surface area (Å²) in [5.41, 5.74) is 1.17. The van der Waals surface area contributed by atoms with Gasteiger partial charge in [0.1, 0.15) is 0 Å². The molecule has 0 saturated carbocycles. The Morgan fingerprint density at radius 1 is 1.10 bits per heavy atom. The monoisotopic (exact) mass is 309 g/mol. The summed E-state index contributed by atoms with van der Waals surface area (Å²) in [7, 11) is 0. The highest BCUT2D eigenvalue weighted by Crippen LogP contribution is 2.25. The highest BCUT2D eigenvalue weighted by molar-refractivity contribution is 6.33. The molecule has 21 heavy (non-hydrogen) atoms. The average Bonchev–Trinajstić information content (AvgIpc) is 2.48. The molecule has 1 aliphatic heterocycles. The second kappa shape index (κ2) is 8.02. The van der Waals surface area contributed by atoms with Gasteiger partial charge in [0.15, 0.2) is 0 Å². The number of benzene rings is 1. The fraction of sp³-hybridized carbons (Fsp3) is 0.647. The molecule has 2 rings (SSSR count). The number of anilines is 1. The molecule has 0 radical (unpaired) electrons. The molecule has 1 N–H and O–H groups in total. The lowest BCUT2D eigenvalue weighted by Gasteiger charge is -2.36. The van der Waals surface area contributed by atoms with Gasteiger partial charge in [0.05, 0.1) is 10.7 Å². The van der Waals surface area contributed by atoms with Gasteiger partial charge in [-0.2, -0.15) is 0 Å². The SMILES string of the molecule is CC(C)C(C)NCCN1CCN(c2ccccc2Cl)CC1. The third kappa shape index (κ3) is 4.87. The van der Waals surface area contributed by atoms with Crippen molar-refractivity contribution in [2.24, 2.45) is 5.92 Å². The van der Waals surface area contributed by atoms with Crippen molar-refractivity contribution in [2.75, 3.05) is 44.2 Å². The van der Waals surface area contributed by atoms with Gasteiger partial charge in [0.25, 0.3) is 0 Å². The van der Waals surface area contributed by atoms with Crippen molar-refractivity contribution in [3.8, 4) is 0 Å². The van der Waals surface area contributed by atoms with Gasteiger partial charge in [0.2, 0.25) is 0 Å². The molecule has 0 aromatic heterocycles. The van der Waals surface area contributed by atoms with Crippen LogP contribution in [0.5, 0.6) is 0 Å². The van der Waals surface area contributed by atoms with Crippen molar-refractivity contribution in [3.63, 3.8) is 0 Å². The van der Waals surface area contributed by atoms with E-state index in [1.54, 1.807) is 0 Å². The van der Waals surface area contributed by atoms with Gasteiger partial charge in [0, 0.05) is 45.3 Å². The Bertz CT molecular complexity index is 428. The van der Waals surface area contributed by atoms with Crippen LogP contribution in [0.3, 0.4) is 0 Å². The van der Waals surface area contributed by atoms with E-state index in [0.29, 0.717) is 12.0 Å². The van der Waals surface area contributed by atoms with Crippen LogP contribution in [-0.4, -0.2) is 50.2 Å². The van der Waals surface area contributed by atoms with Gasteiger partial charge < -0.3 is 10.2 Å². The highest BCUT2D eigenvalue weighted by atomic mass is 35.5. The Labute approximate surface area is 134 Å². The van der Waals surface area contributed by atoms with E-state index < -0.39 is 0 Å². The number of para-hydroxylation sites is 1. The topological polar surface area (TPSA) is 18.5 Å². The van der Waals surface area contributed by atoms with Crippen molar-refractivity contribution in [1.82, 2.24) is 10.2 Å². The maximum atomic E-state index is 6.28. The summed E-state index contributed by atoms with van der Waals surface area (Å²) in [4.78, 5) is 4.93. The number of nitrogens with zero attached hydrogens (tertiary/aromatic N) is 2. The Morgan fingerprint density at radius 3 is 2.38 bits per heavy atom. The van der Waals surface area contributed by atoms with Crippen LogP contribution in [0.4, 0.5) is 5.69 Å². The molecule has 1 aromatic rings. The Morgan fingerprint density at radius 2 is 1.76 bits per heavy atom. The predicted molar refractivity (Wildman–Crippen MR) is 92.4 cm³/mol. The first-order chi connectivity index (χ1) is 10.1. The fourth-order valence-corrected chi connectivity index (χ4v) is 2.86. The number of halogens is 1. The van der Waals surface area contributed by atoms with Gasteiger partial charge in [-0.3, -0.25) is 4.90 Å². The van der Waals surface area contributed by atoms with E-state index >= 15 is 0 Å². The van der Waals surface area contributed by atoms with Gasteiger partial charge in [-0.25, -0.2) is 0 Å². The summed E-state index contributed by atoms with van der Waals surface area (Å²) in [5.74, 6) is 0.696. The summed E-state index contributed by atoms with van der Waals surface area (Å²) in [6, 6.07) is 8.73. The summed E-state index contributed by atoms with van der Waals surface area (Å²) >= 11 is 6.28. The summed E-state index contributed by atoms with van der Waals surface area (Å²) in [6.07, 6.45) is 0. The van der Waals surface area contributed by atoms with E-state index in [1.807, 2.05) is 12.1 Å². The van der Waals surface area contributed by atoms with Crippen LogP contribution in [0.2, 0.25) is 5.02 Å². The zero-order chi connectivity index (χ0) is 15.2. The van der Waals surface area contributed by atoms with Crippen molar-refractivity contribution in [2.45, 2.75) is 26.8 Å². The minimum absolute atomic E-state index is 0.592. The summed E-state index contributed by atoms with van der Waals surface area (Å²) < 4.78 is 0. The molecule has 1 unspecified atom stereocenters. The molecule has 0 bridgehead atoms. The van der Waals surface area contributed by atoms with Crippen molar-refractivity contribution in [1.29, 1.82) is 0 Å². The summed E-state index contributed by atoms with van der Waals surface area (Å²) in [6.45, 7) is 13.3. The van der Waals surface area contributed by atoms with Crippen LogP contribution in [0, 0.1) is 5.92 Å². The largest absolute Gasteiger partial charge is 0.368 e. The molecule has 4 heteroatoms. The first-order valence-corrected chi connectivity index (χ1v) is 8.41. The number of hydrogen-bond acceptors (Lipinski definition) is 3. The normalized spacial score (nSPS) is 18.2. The van der Waals surface area contributed by atoms with Crippen LogP contribution in [0.25, 0.3) is 0 Å². The minimum Gasteiger partial charge on any atom is -0.368 e. The zero-order valence-electron chi connectivity index (χ0n) is 13.5. The minimum atomic E-state index is 0.592. The van der Waals surface area contributed by atoms with Crippen LogP contribution in [0.15, 0.2) is 24.3 Å². The molecule has 118 valence electrons. The third-order valence-corrected chi connectivity index (χ3v) is 4.78. The van der Waals surface area contributed by atoms with E-state index in [-0.39, 0.29) is 0 Å². The van der Waals surface area contributed by atoms with Gasteiger partial charge in [-0.15, -0.1) is 0 Å². The quantitative estimate of drug-likeness (QED) is 0.871. The van der Waals surface area contributed by atoms with Crippen LogP contribution >= 0.6 is 11.6 Å². The molecule has 0 amide bonds. The maximum absolute atomic E-state index is 6.28. The second-order valence-electron chi connectivity index (χ2n) is 6.27. The molecule has 1 saturated heterocycles. The molecule has 1 aromatic carbocycles. The van der Waals surface area contributed by atoms with Gasteiger partial charge in [-0.05, 0) is 25.0 Å². The Hall–Kier alpha value is -0.770. The molecule has 1 fully saturated rings. The molecule has 0 spiro atoms. The molecule has 0 aliphatic carbocycles. The zero-order valence-corrected chi connectivity index (χ0v) is 14.2. The maximum Gasteiger partial charge on any atom is 0.0639 e. The molecular formula is C17H28ClN3. The van der Waals surface area contributed by atoms with Crippen LogP contribution < -0.4 is 10.2 Å². The van der Waals surface area contributed by atoms with Crippen molar-refractivity contribution in [3.05, 3.63) is 29.3 Å². The fourth-order valence-electron chi connectivity index (χ4n) is 2.61. The van der Waals surface area contributed by atoms with E-state index in [9.17, 15) is 0 Å². The first kappa shape index (κ1) is 16.6. The van der Waals surface area contributed by atoms with Crippen LogP contribution in [-0.2, 0) is 0 Å². The second-order valence-corrected chi connectivity index (χ2v) is 6.67. The standard InChI is InChI=1S/C17H28ClN3/c1-14(2)15(3)19-8-9-20-10-12-21(13-11-20)17-7-5-4-6-16(17)18/h4-7,14-15,19H,8-13H2,1-3H3. The van der Waals surface area contributed by atoms with Crippen LogP contribution in [0.1, 0.15) is 20.8 Å². The highest BCUT2D eigenvalue weighted by Gasteiger charge is 2.18. The van der Waals surface area contributed by atoms with E-state index in [1.165, 1.54) is 5.69 Å². The lowest BCUT2D eigenvalue weighted by atomic mass is 10.1. The Kier molecular flexibility index (Phi) is 6.34. The lowest BCUT2D eigenvalue weighted by molar-refractivity contribution is 0.251. The van der Waals surface area contributed by atoms with Crippen molar-refractivity contribution >= 4 is 17.3 Å². The molecule has 1 aliphatic rings. The molecule has 1 heterocycles. The van der Waals surface area contributed by atoms with Gasteiger partial charge in [-0.1, -0.05) is 37.6 Å². The lowest BCUT2D eigenvalue weighted by Crippen LogP contribution is -2.49. The number of hydrogen-bond donors (Lipinski definition) is 1. The molecule has 3 nitrogen and oxygen atoms in total. The molecular weight excluding hydrogens is 282 g/mol. The number of nitrogens with one attached hydrogen (secondary N) is 1. The first-order valence-electron chi connectivity index (χ1n) is 8.03. The molecule has 1 atom stereocenters.